The Hall–Kier alpha value is -2.10. The number of hydrogen-bond acceptors (Lipinski definition) is 4. The van der Waals surface area contributed by atoms with Crippen LogP contribution in [0.2, 0.25) is 0 Å². The number of aryl methyl sites for hydroxylation is 1. The maximum atomic E-state index is 6.11. The number of fused-ring (bicyclic) bond motifs is 1. The van der Waals surface area contributed by atoms with Crippen molar-refractivity contribution in [3.8, 4) is 0 Å². The first-order valence-corrected chi connectivity index (χ1v) is 7.64. The minimum atomic E-state index is 0.302. The number of nitrogen functional groups attached to an aromatic ring is 1. The lowest BCUT2D eigenvalue weighted by atomic mass is 10.0. The summed E-state index contributed by atoms with van der Waals surface area (Å²) in [5.74, 6) is 1.86. The summed E-state index contributed by atoms with van der Waals surface area (Å²) in [6, 6.07) is 8.60. The van der Waals surface area contributed by atoms with Crippen molar-refractivity contribution in [1.29, 1.82) is 0 Å². The molecule has 1 aromatic heterocycles. The molecule has 0 saturated carbocycles. The predicted molar refractivity (Wildman–Crippen MR) is 86.9 cm³/mol. The number of nitrogens with zero attached hydrogens (tertiary/aromatic N) is 3. The van der Waals surface area contributed by atoms with Gasteiger partial charge < -0.3 is 10.6 Å². The van der Waals surface area contributed by atoms with Gasteiger partial charge in [-0.1, -0.05) is 32.0 Å². The number of benzene rings is 1. The van der Waals surface area contributed by atoms with E-state index in [4.69, 9.17) is 5.73 Å². The molecule has 110 valence electrons. The van der Waals surface area contributed by atoms with E-state index in [0.29, 0.717) is 11.7 Å². The summed E-state index contributed by atoms with van der Waals surface area (Å²) in [7, 11) is 0. The molecular weight excluding hydrogens is 260 g/mol. The van der Waals surface area contributed by atoms with Crippen LogP contribution in [0.15, 0.2) is 30.6 Å². The fourth-order valence-electron chi connectivity index (χ4n) is 3.08. The lowest BCUT2D eigenvalue weighted by Crippen LogP contribution is -2.22. The first-order valence-electron chi connectivity index (χ1n) is 7.64. The molecular formula is C17H22N4. The van der Waals surface area contributed by atoms with E-state index in [2.05, 4.69) is 53.0 Å². The Bertz CT molecular complexity index is 636. The minimum absolute atomic E-state index is 0.302. The molecule has 0 unspecified atom stereocenters. The van der Waals surface area contributed by atoms with Gasteiger partial charge in [-0.05, 0) is 36.8 Å². The monoisotopic (exact) mass is 282 g/mol. The van der Waals surface area contributed by atoms with E-state index in [1.165, 1.54) is 17.7 Å². The molecule has 0 spiro atoms. The molecule has 0 radical (unpaired) electrons. The second kappa shape index (κ2) is 5.72. The molecule has 0 aliphatic carbocycles. The van der Waals surface area contributed by atoms with Gasteiger partial charge in [-0.25, -0.2) is 9.97 Å². The van der Waals surface area contributed by atoms with Crippen molar-refractivity contribution < 1.29 is 0 Å². The average Bonchev–Trinajstić information content (AvgIpc) is 2.68. The molecule has 2 N–H and O–H groups in total. The zero-order valence-corrected chi connectivity index (χ0v) is 12.7. The van der Waals surface area contributed by atoms with Gasteiger partial charge in [0.25, 0.3) is 0 Å². The zero-order chi connectivity index (χ0) is 14.8. The van der Waals surface area contributed by atoms with Crippen LogP contribution in [0.3, 0.4) is 0 Å². The Kier molecular flexibility index (Phi) is 3.78. The van der Waals surface area contributed by atoms with Crippen LogP contribution in [0.25, 0.3) is 0 Å². The standard InChI is InChI=1S/C17H22N4/c1-12(2)15-16(18)19-11-20-17(15)21-10-6-5-8-13-7-3-4-9-14(13)21/h3-4,7,9,11-12H,5-6,8,10H2,1-2H3,(H2,18,19,20). The summed E-state index contributed by atoms with van der Waals surface area (Å²) in [5, 5.41) is 0. The van der Waals surface area contributed by atoms with E-state index in [9.17, 15) is 0 Å². The van der Waals surface area contributed by atoms with Crippen LogP contribution in [0.1, 0.15) is 43.7 Å². The topological polar surface area (TPSA) is 55.0 Å². The summed E-state index contributed by atoms with van der Waals surface area (Å²) in [5.41, 5.74) is 9.81. The molecule has 4 nitrogen and oxygen atoms in total. The molecule has 1 aromatic carbocycles. The number of aromatic nitrogens is 2. The van der Waals surface area contributed by atoms with Gasteiger partial charge in [0.2, 0.25) is 0 Å². The highest BCUT2D eigenvalue weighted by Crippen LogP contribution is 2.36. The molecule has 21 heavy (non-hydrogen) atoms. The van der Waals surface area contributed by atoms with Gasteiger partial charge in [0.1, 0.15) is 18.0 Å². The third-order valence-corrected chi connectivity index (χ3v) is 4.09. The third-order valence-electron chi connectivity index (χ3n) is 4.09. The smallest absolute Gasteiger partial charge is 0.142 e. The van der Waals surface area contributed by atoms with Crippen LogP contribution in [0.4, 0.5) is 17.3 Å². The molecule has 0 atom stereocenters. The molecule has 3 rings (SSSR count). The predicted octanol–water partition coefficient (Wildman–Crippen LogP) is 3.66. The molecule has 0 saturated heterocycles. The first kappa shape index (κ1) is 13.9. The second-order valence-corrected chi connectivity index (χ2v) is 5.89. The zero-order valence-electron chi connectivity index (χ0n) is 12.7. The highest BCUT2D eigenvalue weighted by molar-refractivity contribution is 5.70. The average molecular weight is 282 g/mol. The van der Waals surface area contributed by atoms with Gasteiger partial charge in [0.15, 0.2) is 0 Å². The van der Waals surface area contributed by atoms with Gasteiger partial charge >= 0.3 is 0 Å². The molecule has 4 heteroatoms. The molecule has 0 bridgehead atoms. The van der Waals surface area contributed by atoms with Gasteiger partial charge in [0, 0.05) is 17.8 Å². The quantitative estimate of drug-likeness (QED) is 0.913. The molecule has 0 fully saturated rings. The van der Waals surface area contributed by atoms with E-state index >= 15 is 0 Å². The van der Waals surface area contributed by atoms with E-state index in [0.717, 1.165) is 30.8 Å². The Morgan fingerprint density at radius 3 is 2.76 bits per heavy atom. The van der Waals surface area contributed by atoms with Crippen molar-refractivity contribution in [3.05, 3.63) is 41.7 Å². The Morgan fingerprint density at radius 1 is 1.14 bits per heavy atom. The van der Waals surface area contributed by atoms with Gasteiger partial charge in [-0.2, -0.15) is 0 Å². The van der Waals surface area contributed by atoms with E-state index in [1.54, 1.807) is 6.33 Å². The summed E-state index contributed by atoms with van der Waals surface area (Å²) in [6.45, 7) is 5.26. The van der Waals surface area contributed by atoms with Gasteiger partial charge in [0.05, 0.1) is 0 Å². The number of rotatable bonds is 2. The van der Waals surface area contributed by atoms with E-state index in [-0.39, 0.29) is 0 Å². The number of para-hydroxylation sites is 1. The first-order chi connectivity index (χ1) is 10.2. The second-order valence-electron chi connectivity index (χ2n) is 5.89. The van der Waals surface area contributed by atoms with Crippen molar-refractivity contribution in [3.63, 3.8) is 0 Å². The van der Waals surface area contributed by atoms with Crippen LogP contribution in [-0.2, 0) is 6.42 Å². The maximum absolute atomic E-state index is 6.11. The highest BCUT2D eigenvalue weighted by atomic mass is 15.2. The lowest BCUT2D eigenvalue weighted by Gasteiger charge is -2.27. The summed E-state index contributed by atoms with van der Waals surface area (Å²) < 4.78 is 0. The third kappa shape index (κ3) is 2.58. The SMILES string of the molecule is CC(C)c1c(N)ncnc1N1CCCCc2ccccc21. The minimum Gasteiger partial charge on any atom is -0.383 e. The van der Waals surface area contributed by atoms with Gasteiger partial charge in [-0.15, -0.1) is 0 Å². The lowest BCUT2D eigenvalue weighted by molar-refractivity contribution is 0.750. The largest absolute Gasteiger partial charge is 0.383 e. The molecule has 0 amide bonds. The van der Waals surface area contributed by atoms with Crippen molar-refractivity contribution in [2.24, 2.45) is 0 Å². The van der Waals surface area contributed by atoms with Crippen LogP contribution >= 0.6 is 0 Å². The fraction of sp³-hybridized carbons (Fsp3) is 0.412. The van der Waals surface area contributed by atoms with Crippen molar-refractivity contribution >= 4 is 17.3 Å². The van der Waals surface area contributed by atoms with Crippen molar-refractivity contribution in [2.75, 3.05) is 17.2 Å². The fourth-order valence-corrected chi connectivity index (χ4v) is 3.08. The molecule has 1 aliphatic rings. The highest BCUT2D eigenvalue weighted by Gasteiger charge is 2.22. The van der Waals surface area contributed by atoms with Crippen LogP contribution in [-0.4, -0.2) is 16.5 Å². The van der Waals surface area contributed by atoms with Crippen LogP contribution in [0, 0.1) is 0 Å². The van der Waals surface area contributed by atoms with E-state index in [1.807, 2.05) is 0 Å². The van der Waals surface area contributed by atoms with Crippen molar-refractivity contribution in [1.82, 2.24) is 9.97 Å². The van der Waals surface area contributed by atoms with Crippen LogP contribution < -0.4 is 10.6 Å². The summed E-state index contributed by atoms with van der Waals surface area (Å²) in [6.07, 6.45) is 5.08. The molecule has 1 aliphatic heterocycles. The number of anilines is 3. The van der Waals surface area contributed by atoms with Crippen molar-refractivity contribution in [2.45, 2.75) is 39.0 Å². The van der Waals surface area contributed by atoms with E-state index < -0.39 is 0 Å². The molecule has 2 aromatic rings. The summed E-state index contributed by atoms with van der Waals surface area (Å²) in [4.78, 5) is 11.1. The van der Waals surface area contributed by atoms with Crippen LogP contribution in [0.5, 0.6) is 0 Å². The van der Waals surface area contributed by atoms with Gasteiger partial charge in [-0.3, -0.25) is 0 Å². The Labute approximate surface area is 126 Å². The summed E-state index contributed by atoms with van der Waals surface area (Å²) >= 11 is 0. The Morgan fingerprint density at radius 2 is 1.95 bits per heavy atom. The molecule has 2 heterocycles. The number of hydrogen-bond donors (Lipinski definition) is 1. The number of nitrogens with two attached hydrogens (primary N) is 1. The normalized spacial score (nSPS) is 14.9. The maximum Gasteiger partial charge on any atom is 0.142 e. The Balaban J connectivity index is 2.15.